The number of carbonyl (C=O) groups is 2. The molecule has 3 unspecified atom stereocenters. The van der Waals surface area contributed by atoms with Crippen molar-refractivity contribution >= 4 is 35.0 Å². The monoisotopic (exact) mass is 415 g/mol. The van der Waals surface area contributed by atoms with Crippen molar-refractivity contribution in [1.29, 1.82) is 0 Å². The van der Waals surface area contributed by atoms with E-state index in [2.05, 4.69) is 5.32 Å². The Morgan fingerprint density at radius 3 is 2.62 bits per heavy atom. The van der Waals surface area contributed by atoms with Crippen molar-refractivity contribution in [2.45, 2.75) is 57.2 Å². The van der Waals surface area contributed by atoms with E-state index in [9.17, 15) is 9.59 Å². The molecule has 1 saturated carbocycles. The number of hydrogen-bond donors (Lipinski definition) is 2. The Morgan fingerprint density at radius 1 is 1.14 bits per heavy atom. The molecule has 2 aliphatic rings. The molecule has 29 heavy (non-hydrogen) atoms. The molecule has 1 heterocycles. The Balaban J connectivity index is 0.00000240. The number of likely N-dealkylation sites (tertiary alicyclic amines) is 1. The average Bonchev–Trinajstić information content (AvgIpc) is 3.12. The number of carbonyl (C=O) groups excluding carboxylic acids is 2. The van der Waals surface area contributed by atoms with Crippen molar-refractivity contribution in [3.8, 4) is 0 Å². The van der Waals surface area contributed by atoms with Crippen LogP contribution in [-0.4, -0.2) is 41.4 Å². The number of fused-ring (bicyclic) bond motifs is 2. The van der Waals surface area contributed by atoms with E-state index >= 15 is 0 Å². The van der Waals surface area contributed by atoms with Gasteiger partial charge in [-0.05, 0) is 55.0 Å². The van der Waals surface area contributed by atoms with Gasteiger partial charge < -0.3 is 16.0 Å². The summed E-state index contributed by atoms with van der Waals surface area (Å²) in [6.07, 6.45) is 5.15. The van der Waals surface area contributed by atoms with Gasteiger partial charge in [-0.3, -0.25) is 9.59 Å². The third-order valence-corrected chi connectivity index (χ3v) is 6.36. The normalized spacial score (nSPS) is 24.5. The summed E-state index contributed by atoms with van der Waals surface area (Å²) in [7, 11) is 0. The molecule has 0 aromatic heterocycles. The summed E-state index contributed by atoms with van der Waals surface area (Å²) < 4.78 is 0. The number of rotatable bonds is 4. The summed E-state index contributed by atoms with van der Waals surface area (Å²) in [5.41, 5.74) is 6.34. The number of nitrogens with two attached hydrogens (primary N) is 1. The van der Waals surface area contributed by atoms with E-state index in [1.54, 1.807) is 0 Å². The first-order chi connectivity index (χ1) is 13.6. The molecule has 0 bridgehead atoms. The topological polar surface area (TPSA) is 75.4 Å². The van der Waals surface area contributed by atoms with Gasteiger partial charge in [0.1, 0.15) is 6.04 Å². The largest absolute Gasteiger partial charge is 0.351 e. The zero-order chi connectivity index (χ0) is 19.7. The lowest BCUT2D eigenvalue weighted by Crippen LogP contribution is -2.52. The van der Waals surface area contributed by atoms with Gasteiger partial charge in [0.2, 0.25) is 5.91 Å². The highest BCUT2D eigenvalue weighted by Gasteiger charge is 2.47. The SMILES string of the molecule is C[C@@H](CN)NC(=O)C1CC2CCCCC2N1C(=O)c1ccc2ccccc2c1.Cl. The van der Waals surface area contributed by atoms with Crippen molar-refractivity contribution in [2.75, 3.05) is 6.54 Å². The fourth-order valence-corrected chi connectivity index (χ4v) is 4.86. The van der Waals surface area contributed by atoms with Crippen LogP contribution in [0.3, 0.4) is 0 Å². The molecule has 0 radical (unpaired) electrons. The predicted molar refractivity (Wildman–Crippen MR) is 118 cm³/mol. The quantitative estimate of drug-likeness (QED) is 0.802. The van der Waals surface area contributed by atoms with Crippen LogP contribution in [0.4, 0.5) is 0 Å². The Kier molecular flexibility index (Phi) is 6.81. The lowest BCUT2D eigenvalue weighted by molar-refractivity contribution is -0.125. The molecule has 2 aromatic carbocycles. The van der Waals surface area contributed by atoms with Crippen LogP contribution in [0.1, 0.15) is 49.4 Å². The van der Waals surface area contributed by atoms with Crippen molar-refractivity contribution in [3.63, 3.8) is 0 Å². The van der Waals surface area contributed by atoms with E-state index in [0.717, 1.165) is 36.5 Å². The van der Waals surface area contributed by atoms with Crippen molar-refractivity contribution < 1.29 is 9.59 Å². The van der Waals surface area contributed by atoms with Crippen molar-refractivity contribution in [3.05, 3.63) is 48.0 Å². The van der Waals surface area contributed by atoms with E-state index in [-0.39, 0.29) is 36.3 Å². The molecule has 1 aliphatic heterocycles. The fourth-order valence-electron chi connectivity index (χ4n) is 4.86. The molecule has 2 fully saturated rings. The Bertz CT molecular complexity index is 887. The molecular formula is C23H30ClN3O2. The lowest BCUT2D eigenvalue weighted by atomic mass is 9.84. The van der Waals surface area contributed by atoms with Gasteiger partial charge in [-0.1, -0.05) is 43.2 Å². The van der Waals surface area contributed by atoms with E-state index < -0.39 is 6.04 Å². The molecule has 0 spiro atoms. The smallest absolute Gasteiger partial charge is 0.254 e. The first-order valence-electron chi connectivity index (χ1n) is 10.4. The van der Waals surface area contributed by atoms with Crippen LogP contribution in [-0.2, 0) is 4.79 Å². The van der Waals surface area contributed by atoms with Crippen LogP contribution in [0.2, 0.25) is 0 Å². The Labute approximate surface area is 178 Å². The van der Waals surface area contributed by atoms with E-state index in [4.69, 9.17) is 5.73 Å². The third-order valence-electron chi connectivity index (χ3n) is 6.36. The maximum atomic E-state index is 13.5. The van der Waals surface area contributed by atoms with Gasteiger partial charge in [-0.25, -0.2) is 0 Å². The van der Waals surface area contributed by atoms with Gasteiger partial charge in [0, 0.05) is 24.2 Å². The summed E-state index contributed by atoms with van der Waals surface area (Å²) >= 11 is 0. The fraction of sp³-hybridized carbons (Fsp3) is 0.478. The number of nitrogens with one attached hydrogen (secondary N) is 1. The highest BCUT2D eigenvalue weighted by Crippen LogP contribution is 2.40. The van der Waals surface area contributed by atoms with Gasteiger partial charge in [-0.2, -0.15) is 0 Å². The molecule has 2 aromatic rings. The Hall–Kier alpha value is -2.11. The Morgan fingerprint density at radius 2 is 1.86 bits per heavy atom. The molecule has 4 atom stereocenters. The van der Waals surface area contributed by atoms with Crippen LogP contribution < -0.4 is 11.1 Å². The molecule has 3 N–H and O–H groups in total. The minimum atomic E-state index is -0.402. The summed E-state index contributed by atoms with van der Waals surface area (Å²) in [5.74, 6) is 0.323. The van der Waals surface area contributed by atoms with Gasteiger partial charge in [0.05, 0.1) is 0 Å². The van der Waals surface area contributed by atoms with Gasteiger partial charge in [-0.15, -0.1) is 12.4 Å². The maximum Gasteiger partial charge on any atom is 0.254 e. The first-order valence-corrected chi connectivity index (χ1v) is 10.4. The number of benzene rings is 2. The molecule has 6 heteroatoms. The average molecular weight is 416 g/mol. The number of hydrogen-bond acceptors (Lipinski definition) is 3. The summed E-state index contributed by atoms with van der Waals surface area (Å²) in [4.78, 5) is 28.4. The summed E-state index contributed by atoms with van der Waals surface area (Å²) in [5, 5.41) is 5.15. The van der Waals surface area contributed by atoms with Crippen LogP contribution in [0.5, 0.6) is 0 Å². The van der Waals surface area contributed by atoms with Crippen LogP contribution in [0.25, 0.3) is 10.8 Å². The second-order valence-corrected chi connectivity index (χ2v) is 8.28. The van der Waals surface area contributed by atoms with Crippen molar-refractivity contribution in [1.82, 2.24) is 10.2 Å². The van der Waals surface area contributed by atoms with Crippen molar-refractivity contribution in [2.24, 2.45) is 11.7 Å². The first kappa shape index (κ1) is 21.6. The minimum absolute atomic E-state index is 0. The number of amides is 2. The van der Waals surface area contributed by atoms with E-state index in [1.807, 2.05) is 54.3 Å². The zero-order valence-electron chi connectivity index (χ0n) is 16.8. The van der Waals surface area contributed by atoms with Gasteiger partial charge in [0.15, 0.2) is 0 Å². The molecule has 1 saturated heterocycles. The summed E-state index contributed by atoms with van der Waals surface area (Å²) in [6, 6.07) is 13.5. The maximum absolute atomic E-state index is 13.5. The van der Waals surface area contributed by atoms with Gasteiger partial charge in [0.25, 0.3) is 5.91 Å². The second kappa shape index (κ2) is 9.14. The highest BCUT2D eigenvalue weighted by molar-refractivity contribution is 6.01. The van der Waals surface area contributed by atoms with E-state index in [1.165, 1.54) is 6.42 Å². The molecule has 5 nitrogen and oxygen atoms in total. The summed E-state index contributed by atoms with van der Waals surface area (Å²) in [6.45, 7) is 2.29. The van der Waals surface area contributed by atoms with Crippen LogP contribution in [0.15, 0.2) is 42.5 Å². The molecule has 4 rings (SSSR count). The van der Waals surface area contributed by atoms with Crippen LogP contribution in [0, 0.1) is 5.92 Å². The zero-order valence-corrected chi connectivity index (χ0v) is 17.7. The third kappa shape index (κ3) is 4.26. The molecular weight excluding hydrogens is 386 g/mol. The standard InChI is InChI=1S/C23H29N3O2.ClH/c1-15(14-24)25-22(27)21-13-18-8-4-5-9-20(18)26(21)23(28)19-11-10-16-6-2-3-7-17(16)12-19;/h2-3,6-7,10-12,15,18,20-21H,4-5,8-9,13-14,24H2,1H3,(H,25,27);1H/t15-,18?,20?,21?;/m0./s1. The lowest BCUT2D eigenvalue weighted by Gasteiger charge is -2.34. The van der Waals surface area contributed by atoms with Crippen LogP contribution >= 0.6 is 12.4 Å². The van der Waals surface area contributed by atoms with E-state index in [0.29, 0.717) is 18.0 Å². The second-order valence-electron chi connectivity index (χ2n) is 8.28. The highest BCUT2D eigenvalue weighted by atomic mass is 35.5. The molecule has 2 amide bonds. The predicted octanol–water partition coefficient (Wildman–Crippen LogP) is 3.50. The molecule has 156 valence electrons. The number of nitrogens with zero attached hydrogens (tertiary/aromatic N) is 1. The number of halogens is 1. The van der Waals surface area contributed by atoms with Gasteiger partial charge >= 0.3 is 0 Å². The molecule has 1 aliphatic carbocycles. The minimum Gasteiger partial charge on any atom is -0.351 e.